The van der Waals surface area contributed by atoms with E-state index in [1.165, 1.54) is 33.3 Å². The number of alkyl halides is 1. The summed E-state index contributed by atoms with van der Waals surface area (Å²) in [6.07, 6.45) is 1.39. The Morgan fingerprint density at radius 3 is 2.00 bits per heavy atom. The highest BCUT2D eigenvalue weighted by Crippen LogP contribution is 2.49. The number of rotatable bonds is 35. The smallest absolute Gasteiger partial charge is 0.415 e. The van der Waals surface area contributed by atoms with Crippen LogP contribution in [0.1, 0.15) is 83.1 Å². The van der Waals surface area contributed by atoms with E-state index in [4.69, 9.17) is 45.8 Å². The maximum Gasteiger partial charge on any atom is 0.415 e. The van der Waals surface area contributed by atoms with Crippen LogP contribution in [-0.4, -0.2) is 213 Å². The van der Waals surface area contributed by atoms with Gasteiger partial charge in [0.05, 0.1) is 63.2 Å². The molecular formula is C72H84ClN13O17S. The maximum atomic E-state index is 14.6. The van der Waals surface area contributed by atoms with Crippen LogP contribution in [0.2, 0.25) is 0 Å². The number of halogens is 1. The largest absolute Gasteiger partial charge is 0.445 e. The average molecular weight is 1470 g/mol. The van der Waals surface area contributed by atoms with Gasteiger partial charge >= 0.3 is 18.2 Å². The maximum absolute atomic E-state index is 14.6. The summed E-state index contributed by atoms with van der Waals surface area (Å²) in [6, 6.07) is 21.9. The number of anilines is 3. The molecule has 552 valence electrons. The Bertz CT molecular complexity index is 4270. The number of hydrogen-bond acceptors (Lipinski definition) is 18. The minimum Gasteiger partial charge on any atom is -0.445 e. The number of nitrogens with two attached hydrogens (primary N) is 1. The fraction of sp³-hybridized carbons (Fsp3) is 0.403. The number of nitrogens with one attached hydrogen (secondary N) is 8. The second-order valence-corrected chi connectivity index (χ2v) is 26.4. The molecule has 3 aliphatic heterocycles. The number of carbonyl (C=O) groups excluding carboxylic acids is 11. The highest BCUT2D eigenvalue weighted by atomic mass is 35.5. The highest BCUT2D eigenvalue weighted by molar-refractivity contribution is 7.17. The van der Waals surface area contributed by atoms with Crippen molar-refractivity contribution in [2.75, 3.05) is 127 Å². The molecule has 3 atom stereocenters. The molecule has 6 heterocycles. The number of primary amides is 1. The Kier molecular flexibility index (Phi) is 26.8. The lowest BCUT2D eigenvalue weighted by Crippen LogP contribution is -2.54. The van der Waals surface area contributed by atoms with E-state index in [2.05, 4.69) is 41.9 Å². The lowest BCUT2D eigenvalue weighted by molar-refractivity contribution is -0.137. The van der Waals surface area contributed by atoms with Gasteiger partial charge in [0.25, 0.3) is 23.6 Å². The molecule has 10 rings (SSSR count). The van der Waals surface area contributed by atoms with Crippen molar-refractivity contribution < 1.29 is 81.2 Å². The number of thiophene rings is 1. The van der Waals surface area contributed by atoms with Crippen molar-refractivity contribution in [3.8, 4) is 5.75 Å². The predicted octanol–water partition coefficient (Wildman–Crippen LogP) is 6.76. The SMILES string of the molecule is Cc1csc2c(OC(=O)N3CCN(C(=O)OCc4ccc(NC(=O)[C@H](CCCNC(N)=O)NC(=O)[C@@H](NC(=O)CCOCCOCCOCCOCCNC(=O)CCN5C(=O)C=CC5=O)C(C)C)cc4)CC3)cc3c(c12)[C@H](CCl)CN3C(=O)c1cc2cc(NC(=O)c3cc4ccccc4[nH]3)ccc2[nH]1. The first-order chi connectivity index (χ1) is 50.2. The molecule has 4 aromatic carbocycles. The number of para-hydroxylation sites is 1. The van der Waals surface area contributed by atoms with Crippen molar-refractivity contribution in [3.63, 3.8) is 0 Å². The molecule has 30 nitrogen and oxygen atoms in total. The predicted molar refractivity (Wildman–Crippen MR) is 388 cm³/mol. The van der Waals surface area contributed by atoms with Gasteiger partial charge in [-0.2, -0.15) is 0 Å². The Balaban J connectivity index is 0.631. The molecule has 7 aromatic rings. The van der Waals surface area contributed by atoms with Gasteiger partial charge in [0.1, 0.15) is 30.1 Å². The first kappa shape index (κ1) is 76.2. The van der Waals surface area contributed by atoms with Gasteiger partial charge in [0.2, 0.25) is 23.6 Å². The van der Waals surface area contributed by atoms with Crippen molar-refractivity contribution in [1.82, 2.24) is 45.9 Å². The molecule has 32 heteroatoms. The second-order valence-electron chi connectivity index (χ2n) is 25.2. The number of urea groups is 1. The molecule has 1 saturated heterocycles. The third kappa shape index (κ3) is 20.3. The van der Waals surface area contributed by atoms with Gasteiger partial charge in [-0.1, -0.05) is 44.2 Å². The van der Waals surface area contributed by atoms with E-state index < -0.39 is 59.8 Å². The molecule has 0 spiro atoms. The normalized spacial score (nSPS) is 14.8. The van der Waals surface area contributed by atoms with Crippen molar-refractivity contribution in [2.24, 2.45) is 11.7 Å². The summed E-state index contributed by atoms with van der Waals surface area (Å²) < 4.78 is 34.6. The van der Waals surface area contributed by atoms with E-state index in [-0.39, 0.29) is 165 Å². The third-order valence-corrected chi connectivity index (χ3v) is 19.0. The lowest BCUT2D eigenvalue weighted by Gasteiger charge is -2.33. The quantitative estimate of drug-likeness (QED) is 0.0112. The van der Waals surface area contributed by atoms with Gasteiger partial charge in [-0.3, -0.25) is 43.3 Å². The van der Waals surface area contributed by atoms with Crippen LogP contribution in [0.3, 0.4) is 0 Å². The standard InChI is InChI=1S/C72H84ClN13O17S/c1-43(2)64(82-59(88)19-27-98-29-31-100-33-34-101-32-30-99-28-21-75-58(87)18-22-85-60(89)16-17-61(85)90)68(93)81-53(9-6-20-76-70(74)95)66(91)77-49-12-10-45(11-13-49)41-102-71(96)83-23-25-84(26-24-83)72(97)103-57-38-56-63(62-44(3)42-104-65(57)62)48(39-73)40-86(56)69(94)55-37-47-35-50(14-15-52(47)80-55)78-67(92)54-36-46-7-4-5-8-51(46)79-54/h4-5,7-8,10-17,35-38,42-43,48,53,64,79-80H,6,9,18-34,39-41H2,1-3H3,(H,75,87)(H,77,91)(H,78,92)(H,81,93)(H,82,88)(H3,74,76,95)/t48-,53+,64+/m1/s1. The number of piperazine rings is 1. The number of ether oxygens (including phenoxy) is 6. The third-order valence-electron chi connectivity index (χ3n) is 17.5. The zero-order valence-corrected chi connectivity index (χ0v) is 59.3. The van der Waals surface area contributed by atoms with E-state index in [1.54, 1.807) is 79.4 Å². The number of amides is 12. The number of carbonyl (C=O) groups is 11. The molecule has 0 saturated carbocycles. The summed E-state index contributed by atoms with van der Waals surface area (Å²) in [5, 5.41) is 20.9. The molecule has 104 heavy (non-hydrogen) atoms. The Hall–Kier alpha value is -10.4. The van der Waals surface area contributed by atoms with Crippen LogP contribution >= 0.6 is 22.9 Å². The topological polar surface area (TPSA) is 386 Å². The number of aromatic nitrogens is 2. The monoisotopic (exact) mass is 1470 g/mol. The zero-order valence-electron chi connectivity index (χ0n) is 57.8. The number of nitrogens with zero attached hydrogens (tertiary/aromatic N) is 4. The summed E-state index contributed by atoms with van der Waals surface area (Å²) in [5.41, 5.74) is 11.4. The van der Waals surface area contributed by atoms with Crippen molar-refractivity contribution in [2.45, 2.75) is 71.1 Å². The molecule has 3 aromatic heterocycles. The zero-order chi connectivity index (χ0) is 73.8. The van der Waals surface area contributed by atoms with Crippen LogP contribution in [0.25, 0.3) is 31.9 Å². The van der Waals surface area contributed by atoms with Crippen molar-refractivity contribution in [1.29, 1.82) is 0 Å². The minimum absolute atomic E-state index is 0.00536. The molecule has 0 bridgehead atoms. The lowest BCUT2D eigenvalue weighted by atomic mass is 9.97. The fourth-order valence-electron chi connectivity index (χ4n) is 12.0. The van der Waals surface area contributed by atoms with Gasteiger partial charge in [0.15, 0.2) is 5.75 Å². The Morgan fingerprint density at radius 2 is 1.32 bits per heavy atom. The Labute approximate surface area is 607 Å². The number of fused-ring (bicyclic) bond motifs is 5. The molecular weight excluding hydrogens is 1390 g/mol. The number of H-pyrrole nitrogens is 2. The molecule has 0 radical (unpaired) electrons. The summed E-state index contributed by atoms with van der Waals surface area (Å²) in [7, 11) is 0. The fourth-order valence-corrected chi connectivity index (χ4v) is 13.3. The van der Waals surface area contributed by atoms with Crippen LogP contribution in [0.15, 0.2) is 102 Å². The van der Waals surface area contributed by atoms with Gasteiger partial charge in [-0.05, 0) is 96.3 Å². The van der Waals surface area contributed by atoms with Gasteiger partial charge < -0.3 is 90.7 Å². The van der Waals surface area contributed by atoms with Gasteiger partial charge in [0, 0.05) is 134 Å². The van der Waals surface area contributed by atoms with Crippen LogP contribution in [-0.2, 0) is 59.1 Å². The van der Waals surface area contributed by atoms with E-state index in [0.29, 0.717) is 58.1 Å². The summed E-state index contributed by atoms with van der Waals surface area (Å²) in [5.74, 6) is -3.53. The number of imide groups is 1. The van der Waals surface area contributed by atoms with Crippen LogP contribution in [0, 0.1) is 12.8 Å². The summed E-state index contributed by atoms with van der Waals surface area (Å²) in [6.45, 7) is 8.49. The number of hydrogen-bond donors (Lipinski definition) is 9. The van der Waals surface area contributed by atoms with Crippen LogP contribution < -0.4 is 47.3 Å². The number of aromatic amines is 2. The van der Waals surface area contributed by atoms with E-state index in [1.807, 2.05) is 36.6 Å². The van der Waals surface area contributed by atoms with E-state index >= 15 is 0 Å². The Morgan fingerprint density at radius 1 is 0.673 bits per heavy atom. The molecule has 1 fully saturated rings. The van der Waals surface area contributed by atoms with E-state index in [9.17, 15) is 52.7 Å². The second kappa shape index (κ2) is 36.6. The highest BCUT2D eigenvalue weighted by Gasteiger charge is 2.38. The van der Waals surface area contributed by atoms with Crippen LogP contribution in [0.4, 0.5) is 31.4 Å². The number of aryl methyl sites for hydroxylation is 1. The van der Waals surface area contributed by atoms with Gasteiger partial charge in [-0.25, -0.2) is 14.4 Å². The molecule has 0 aliphatic carbocycles. The number of benzene rings is 4. The van der Waals surface area contributed by atoms with Gasteiger partial charge in [-0.15, -0.1) is 22.9 Å². The van der Waals surface area contributed by atoms with Crippen molar-refractivity contribution >= 4 is 137 Å². The molecule has 0 unspecified atom stereocenters. The first-order valence-corrected chi connectivity index (χ1v) is 35.6. The molecule has 3 aliphatic rings. The minimum atomic E-state index is -1.10. The molecule has 10 N–H and O–H groups in total. The first-order valence-electron chi connectivity index (χ1n) is 34.2. The summed E-state index contributed by atoms with van der Waals surface area (Å²) >= 11 is 8.06. The summed E-state index contributed by atoms with van der Waals surface area (Å²) in [4.78, 5) is 154. The van der Waals surface area contributed by atoms with E-state index in [0.717, 1.165) is 37.0 Å². The average Bonchev–Trinajstić information content (AvgIpc) is 1.58. The van der Waals surface area contributed by atoms with Crippen molar-refractivity contribution in [3.05, 3.63) is 131 Å². The van der Waals surface area contributed by atoms with Crippen LogP contribution in [0.5, 0.6) is 5.75 Å². The molecule has 12 amide bonds.